The zero-order valence-electron chi connectivity index (χ0n) is 14.4. The number of aliphatic hydroxyl groups excluding tert-OH is 1. The summed E-state index contributed by atoms with van der Waals surface area (Å²) in [5.41, 5.74) is 1.25. The average Bonchev–Trinajstić information content (AvgIpc) is 2.66. The summed E-state index contributed by atoms with van der Waals surface area (Å²) in [5, 5.41) is 29.9. The molecule has 0 unspecified atom stereocenters. The minimum atomic E-state index is -0.500. The lowest BCUT2D eigenvalue weighted by atomic mass is 10.1. The largest absolute Gasteiger partial charge is 0.508 e. The summed E-state index contributed by atoms with van der Waals surface area (Å²) in [6, 6.07) is 10.4. The normalized spacial score (nSPS) is 11.8. The maximum Gasteiger partial charge on any atom is 0.269 e. The van der Waals surface area contributed by atoms with E-state index >= 15 is 0 Å². The molecular weight excluding hydrogens is 350 g/mol. The molecule has 0 radical (unpaired) electrons. The Morgan fingerprint density at radius 2 is 1.70 bits per heavy atom. The van der Waals surface area contributed by atoms with Gasteiger partial charge in [0.15, 0.2) is 17.3 Å². The topological polar surface area (TPSA) is 110 Å². The van der Waals surface area contributed by atoms with Gasteiger partial charge in [-0.25, -0.2) is 0 Å². The van der Waals surface area contributed by atoms with Crippen LogP contribution >= 0.6 is 0 Å². The molecule has 2 aromatic rings. The van der Waals surface area contributed by atoms with Gasteiger partial charge >= 0.3 is 0 Å². The number of non-ortho nitro benzene ring substituents is 1. The van der Waals surface area contributed by atoms with Crippen LogP contribution in [0.5, 0.6) is 11.5 Å². The number of aromatic hydroxyl groups is 1. The van der Waals surface area contributed by atoms with Crippen molar-refractivity contribution < 1.29 is 24.7 Å². The molecule has 0 aliphatic carbocycles. The Hall–Kier alpha value is -3.87. The third-order valence-corrected chi connectivity index (χ3v) is 3.48. The summed E-state index contributed by atoms with van der Waals surface area (Å²) < 4.78 is 4.98. The van der Waals surface area contributed by atoms with Gasteiger partial charge in [0, 0.05) is 18.2 Å². The Kier molecular flexibility index (Phi) is 6.49. The smallest absolute Gasteiger partial charge is 0.269 e. The molecule has 0 bridgehead atoms. The number of phenolic OH excluding ortho intramolecular Hbond substituents is 1. The van der Waals surface area contributed by atoms with Crippen molar-refractivity contribution in [3.63, 3.8) is 0 Å². The van der Waals surface area contributed by atoms with Crippen LogP contribution in [0.4, 0.5) is 5.69 Å². The van der Waals surface area contributed by atoms with Crippen LogP contribution in [0, 0.1) is 10.1 Å². The number of nitro benzene ring substituents is 1. The molecule has 0 heterocycles. The lowest BCUT2D eigenvalue weighted by Gasteiger charge is -2.03. The van der Waals surface area contributed by atoms with Crippen molar-refractivity contribution >= 4 is 23.6 Å². The molecule has 7 heteroatoms. The van der Waals surface area contributed by atoms with E-state index in [1.165, 1.54) is 61.7 Å². The Bertz CT molecular complexity index is 926. The fourth-order valence-electron chi connectivity index (χ4n) is 2.11. The minimum Gasteiger partial charge on any atom is -0.508 e. The molecule has 0 fully saturated rings. The number of allylic oxidation sites excluding steroid dienone is 3. The number of hydrogen-bond donors (Lipinski definition) is 2. The number of nitrogens with zero attached hydrogens (tertiary/aromatic N) is 1. The van der Waals surface area contributed by atoms with E-state index in [0.29, 0.717) is 11.1 Å². The summed E-state index contributed by atoms with van der Waals surface area (Å²) in [5.74, 6) is -0.414. The van der Waals surface area contributed by atoms with Gasteiger partial charge in [0.1, 0.15) is 5.76 Å². The number of methoxy groups -OCH3 is 1. The molecule has 2 N–H and O–H groups in total. The fourth-order valence-corrected chi connectivity index (χ4v) is 2.11. The maximum absolute atomic E-state index is 11.9. The van der Waals surface area contributed by atoms with Gasteiger partial charge < -0.3 is 14.9 Å². The van der Waals surface area contributed by atoms with E-state index in [4.69, 9.17) is 4.74 Å². The van der Waals surface area contributed by atoms with Crippen molar-refractivity contribution in [2.75, 3.05) is 7.11 Å². The summed E-state index contributed by atoms with van der Waals surface area (Å²) in [6.07, 6.45) is 6.67. The number of aliphatic hydroxyl groups is 1. The van der Waals surface area contributed by atoms with Gasteiger partial charge in [0.05, 0.1) is 12.0 Å². The van der Waals surface area contributed by atoms with Crippen LogP contribution in [0.3, 0.4) is 0 Å². The first-order chi connectivity index (χ1) is 12.9. The van der Waals surface area contributed by atoms with E-state index in [1.54, 1.807) is 12.1 Å². The first-order valence-electron chi connectivity index (χ1n) is 7.81. The molecule has 0 atom stereocenters. The Labute approximate surface area is 155 Å². The highest BCUT2D eigenvalue weighted by Crippen LogP contribution is 2.26. The third-order valence-electron chi connectivity index (χ3n) is 3.48. The van der Waals surface area contributed by atoms with Gasteiger partial charge in [-0.15, -0.1) is 0 Å². The molecule has 0 aliphatic heterocycles. The second-order valence-electron chi connectivity index (χ2n) is 5.42. The number of nitro groups is 1. The van der Waals surface area contributed by atoms with Gasteiger partial charge in [0.2, 0.25) is 0 Å². The standard InChI is InChI=1S/C20H17NO6/c1-27-20-12-15(6-11-19(20)24)5-10-18(23)13-17(22)9-4-14-2-7-16(8-3-14)21(25)26/h2-13,22,24H,1H3. The van der Waals surface area contributed by atoms with Crippen molar-refractivity contribution in [3.05, 3.63) is 87.7 Å². The van der Waals surface area contributed by atoms with Crippen molar-refractivity contribution in [3.8, 4) is 11.5 Å². The predicted molar refractivity (Wildman–Crippen MR) is 102 cm³/mol. The first-order valence-corrected chi connectivity index (χ1v) is 7.81. The van der Waals surface area contributed by atoms with Gasteiger partial charge in [-0.2, -0.15) is 0 Å². The van der Waals surface area contributed by atoms with E-state index in [9.17, 15) is 25.1 Å². The second-order valence-corrected chi connectivity index (χ2v) is 5.42. The molecule has 0 saturated carbocycles. The molecule has 0 aliphatic rings. The van der Waals surface area contributed by atoms with Crippen LogP contribution in [0.15, 0.2) is 66.5 Å². The molecule has 0 aromatic heterocycles. The van der Waals surface area contributed by atoms with Crippen molar-refractivity contribution in [1.82, 2.24) is 0 Å². The minimum absolute atomic E-state index is 0.00472. The van der Waals surface area contributed by atoms with Crippen LogP contribution in [-0.4, -0.2) is 28.0 Å². The van der Waals surface area contributed by atoms with Crippen LogP contribution in [0.1, 0.15) is 11.1 Å². The fraction of sp³-hybridized carbons (Fsp3) is 0.0500. The number of ketones is 1. The zero-order chi connectivity index (χ0) is 19.8. The summed E-state index contributed by atoms with van der Waals surface area (Å²) in [6.45, 7) is 0. The molecule has 0 amide bonds. The van der Waals surface area contributed by atoms with Gasteiger partial charge in [-0.3, -0.25) is 14.9 Å². The van der Waals surface area contributed by atoms with Crippen molar-refractivity contribution in [1.29, 1.82) is 0 Å². The summed E-state index contributed by atoms with van der Waals surface area (Å²) >= 11 is 0. The number of benzene rings is 2. The van der Waals surface area contributed by atoms with E-state index in [0.717, 1.165) is 6.08 Å². The molecule has 0 saturated heterocycles. The van der Waals surface area contributed by atoms with Crippen LogP contribution < -0.4 is 4.74 Å². The molecule has 2 rings (SSSR count). The molecular formula is C20H17NO6. The second kappa shape index (κ2) is 9.00. The van der Waals surface area contributed by atoms with Gasteiger partial charge in [-0.05, 0) is 47.5 Å². The van der Waals surface area contributed by atoms with Crippen LogP contribution in [0.2, 0.25) is 0 Å². The number of carbonyl (C=O) groups is 1. The van der Waals surface area contributed by atoms with Gasteiger partial charge in [-0.1, -0.05) is 18.2 Å². The molecule has 2 aromatic carbocycles. The highest BCUT2D eigenvalue weighted by atomic mass is 16.6. The third kappa shape index (κ3) is 5.86. The number of rotatable bonds is 7. The Balaban J connectivity index is 2.02. The highest BCUT2D eigenvalue weighted by Gasteiger charge is 2.03. The van der Waals surface area contributed by atoms with Crippen molar-refractivity contribution in [2.45, 2.75) is 0 Å². The lowest BCUT2D eigenvalue weighted by molar-refractivity contribution is -0.384. The van der Waals surface area contributed by atoms with Gasteiger partial charge in [0.25, 0.3) is 5.69 Å². The van der Waals surface area contributed by atoms with E-state index < -0.39 is 10.7 Å². The first kappa shape index (κ1) is 19.5. The van der Waals surface area contributed by atoms with Crippen LogP contribution in [0.25, 0.3) is 12.2 Å². The Morgan fingerprint density at radius 3 is 2.33 bits per heavy atom. The van der Waals surface area contributed by atoms with Crippen molar-refractivity contribution in [2.24, 2.45) is 0 Å². The average molecular weight is 367 g/mol. The van der Waals surface area contributed by atoms with E-state index in [2.05, 4.69) is 0 Å². The van der Waals surface area contributed by atoms with Crippen LogP contribution in [-0.2, 0) is 4.79 Å². The summed E-state index contributed by atoms with van der Waals surface area (Å²) in [4.78, 5) is 22.0. The maximum atomic E-state index is 11.9. The number of ether oxygens (including phenoxy) is 1. The van der Waals surface area contributed by atoms with E-state index in [-0.39, 0.29) is 22.9 Å². The molecule has 27 heavy (non-hydrogen) atoms. The zero-order valence-corrected chi connectivity index (χ0v) is 14.4. The quantitative estimate of drug-likeness (QED) is 0.251. The van der Waals surface area contributed by atoms with E-state index in [1.807, 2.05) is 0 Å². The number of phenols is 1. The SMILES string of the molecule is COc1cc(C=CC(=O)C=C(O)C=Cc2ccc([N+](=O)[O-])cc2)ccc1O. The molecule has 138 valence electrons. The molecule has 7 nitrogen and oxygen atoms in total. The Morgan fingerprint density at radius 1 is 1.07 bits per heavy atom. The lowest BCUT2D eigenvalue weighted by Crippen LogP contribution is -1.89. The highest BCUT2D eigenvalue weighted by molar-refractivity contribution is 6.02. The number of hydrogen-bond acceptors (Lipinski definition) is 6. The monoisotopic (exact) mass is 367 g/mol. The summed E-state index contributed by atoms with van der Waals surface area (Å²) in [7, 11) is 1.42. The molecule has 0 spiro atoms. The number of carbonyl (C=O) groups excluding carboxylic acids is 1. The predicted octanol–water partition coefficient (Wildman–Crippen LogP) is 4.05.